The zero-order valence-corrected chi connectivity index (χ0v) is 21.9. The van der Waals surface area contributed by atoms with Crippen LogP contribution in [0.25, 0.3) is 0 Å². The van der Waals surface area contributed by atoms with Crippen molar-refractivity contribution in [2.45, 2.75) is 71.3 Å². The Balaban J connectivity index is 1.76. The maximum Gasteiger partial charge on any atom is 0.242 e. The van der Waals surface area contributed by atoms with Crippen molar-refractivity contribution < 1.29 is 9.59 Å². The van der Waals surface area contributed by atoms with Crippen LogP contribution in [0.5, 0.6) is 0 Å². The van der Waals surface area contributed by atoms with Crippen LogP contribution in [0.4, 0.5) is 0 Å². The van der Waals surface area contributed by atoms with Crippen LogP contribution >= 0.6 is 34.5 Å². The maximum absolute atomic E-state index is 13.6. The molecule has 1 aromatic heterocycles. The van der Waals surface area contributed by atoms with Gasteiger partial charge in [0.15, 0.2) is 0 Å². The first-order valence-electron chi connectivity index (χ1n) is 12.0. The number of carbonyl (C=O) groups is 2. The molecule has 0 spiro atoms. The molecule has 0 saturated heterocycles. The maximum atomic E-state index is 13.6. The lowest BCUT2D eigenvalue weighted by molar-refractivity contribution is -0.141. The number of nitrogens with zero attached hydrogens (tertiary/aromatic N) is 2. The van der Waals surface area contributed by atoms with Crippen LogP contribution < -0.4 is 0 Å². The number of amides is 2. The second-order valence-electron chi connectivity index (χ2n) is 8.68. The molecule has 33 heavy (non-hydrogen) atoms. The van der Waals surface area contributed by atoms with E-state index >= 15 is 0 Å². The van der Waals surface area contributed by atoms with E-state index in [9.17, 15) is 9.59 Å². The molecule has 2 heterocycles. The fourth-order valence-corrected chi connectivity index (χ4v) is 5.91. The zero-order valence-electron chi connectivity index (χ0n) is 19.6. The molecule has 2 amide bonds. The Morgan fingerprint density at radius 1 is 1.06 bits per heavy atom. The van der Waals surface area contributed by atoms with Crippen LogP contribution in [-0.2, 0) is 16.0 Å². The Bertz CT molecular complexity index is 946. The minimum Gasteiger partial charge on any atom is -0.333 e. The van der Waals surface area contributed by atoms with Gasteiger partial charge in [-0.3, -0.25) is 9.59 Å². The molecule has 1 aliphatic rings. The first kappa shape index (κ1) is 26.1. The van der Waals surface area contributed by atoms with Gasteiger partial charge in [0, 0.05) is 34.4 Å². The quantitative estimate of drug-likeness (QED) is 0.303. The molecule has 0 radical (unpaired) electrons. The summed E-state index contributed by atoms with van der Waals surface area (Å²) in [6.07, 6.45) is 7.67. The van der Waals surface area contributed by atoms with Gasteiger partial charge in [-0.25, -0.2) is 0 Å². The second kappa shape index (κ2) is 12.8. The standard InChI is InChI=1S/C26H34Cl2N2O2S/c1-3-5-6-7-8-9-24(31)29(14-4-2)18-25(32)30-15-12-23-21(13-16-33-23)26(30)20-11-10-19(27)17-22(20)28/h10-11,13,16-17,26H,3-9,12,14-15,18H2,1-2H3/t26-/m0/s1. The number of hydrogen-bond donors (Lipinski definition) is 0. The summed E-state index contributed by atoms with van der Waals surface area (Å²) < 4.78 is 0. The molecule has 0 fully saturated rings. The van der Waals surface area contributed by atoms with Crippen LogP contribution in [-0.4, -0.2) is 41.2 Å². The number of benzene rings is 1. The largest absolute Gasteiger partial charge is 0.333 e. The van der Waals surface area contributed by atoms with Gasteiger partial charge in [-0.1, -0.05) is 68.8 Å². The smallest absolute Gasteiger partial charge is 0.242 e. The molecule has 0 N–H and O–H groups in total. The fourth-order valence-electron chi connectivity index (χ4n) is 4.50. The minimum absolute atomic E-state index is 0.0318. The van der Waals surface area contributed by atoms with E-state index in [1.807, 2.05) is 24.0 Å². The summed E-state index contributed by atoms with van der Waals surface area (Å²) in [5.41, 5.74) is 1.99. The van der Waals surface area contributed by atoms with Crippen LogP contribution in [0, 0.1) is 0 Å². The highest BCUT2D eigenvalue weighted by Gasteiger charge is 2.34. The summed E-state index contributed by atoms with van der Waals surface area (Å²) in [6, 6.07) is 7.28. The Kier molecular flexibility index (Phi) is 10.1. The number of halogens is 2. The fraction of sp³-hybridized carbons (Fsp3) is 0.538. The zero-order chi connectivity index (χ0) is 23.8. The van der Waals surface area contributed by atoms with Gasteiger partial charge in [-0.15, -0.1) is 11.3 Å². The van der Waals surface area contributed by atoms with Gasteiger partial charge in [-0.2, -0.15) is 0 Å². The topological polar surface area (TPSA) is 40.6 Å². The molecule has 1 atom stereocenters. The van der Waals surface area contributed by atoms with Crippen LogP contribution in [0.2, 0.25) is 10.0 Å². The molecule has 7 heteroatoms. The molecule has 0 bridgehead atoms. The molecule has 0 aliphatic carbocycles. The molecule has 0 unspecified atom stereocenters. The van der Waals surface area contributed by atoms with E-state index in [0.717, 1.165) is 43.2 Å². The van der Waals surface area contributed by atoms with Crippen molar-refractivity contribution in [2.75, 3.05) is 19.6 Å². The Morgan fingerprint density at radius 2 is 1.85 bits per heavy atom. The molecule has 0 saturated carbocycles. The average Bonchev–Trinajstić information content (AvgIpc) is 3.27. The molecule has 180 valence electrons. The Hall–Kier alpha value is -1.56. The third-order valence-electron chi connectivity index (χ3n) is 6.21. The first-order chi connectivity index (χ1) is 16.0. The lowest BCUT2D eigenvalue weighted by atomic mass is 9.93. The van der Waals surface area contributed by atoms with Crippen molar-refractivity contribution in [3.8, 4) is 0 Å². The van der Waals surface area contributed by atoms with E-state index in [1.165, 1.54) is 17.7 Å². The third-order valence-corrected chi connectivity index (χ3v) is 7.77. The van der Waals surface area contributed by atoms with E-state index in [0.29, 0.717) is 29.6 Å². The summed E-state index contributed by atoms with van der Waals surface area (Å²) >= 11 is 14.4. The van der Waals surface area contributed by atoms with E-state index in [1.54, 1.807) is 22.3 Å². The number of carbonyl (C=O) groups excluding carboxylic acids is 2. The molecule has 2 aromatic rings. The van der Waals surface area contributed by atoms with Crippen molar-refractivity contribution in [1.29, 1.82) is 0 Å². The monoisotopic (exact) mass is 508 g/mol. The van der Waals surface area contributed by atoms with E-state index in [-0.39, 0.29) is 24.4 Å². The van der Waals surface area contributed by atoms with Crippen LogP contribution in [0.15, 0.2) is 29.6 Å². The van der Waals surface area contributed by atoms with Gasteiger partial charge in [-0.05, 0) is 54.0 Å². The molecule has 3 rings (SSSR count). The van der Waals surface area contributed by atoms with Crippen molar-refractivity contribution >= 4 is 46.4 Å². The van der Waals surface area contributed by atoms with Crippen molar-refractivity contribution in [3.05, 3.63) is 55.7 Å². The highest BCUT2D eigenvalue weighted by molar-refractivity contribution is 7.10. The minimum atomic E-state index is -0.259. The molecular formula is C26H34Cl2N2O2S. The summed E-state index contributed by atoms with van der Waals surface area (Å²) in [5, 5.41) is 3.19. The average molecular weight is 510 g/mol. The second-order valence-corrected chi connectivity index (χ2v) is 10.5. The van der Waals surface area contributed by atoms with E-state index in [4.69, 9.17) is 23.2 Å². The molecule has 4 nitrogen and oxygen atoms in total. The highest BCUT2D eigenvalue weighted by atomic mass is 35.5. The number of rotatable bonds is 11. The third kappa shape index (κ3) is 6.74. The number of fused-ring (bicyclic) bond motifs is 1. The highest BCUT2D eigenvalue weighted by Crippen LogP contribution is 2.41. The lowest BCUT2D eigenvalue weighted by Gasteiger charge is -2.38. The Labute approximate surface area is 211 Å². The molecular weight excluding hydrogens is 475 g/mol. The first-order valence-corrected chi connectivity index (χ1v) is 13.7. The van der Waals surface area contributed by atoms with Gasteiger partial charge < -0.3 is 9.80 Å². The van der Waals surface area contributed by atoms with Crippen LogP contribution in [0.1, 0.15) is 80.8 Å². The predicted octanol–water partition coefficient (Wildman–Crippen LogP) is 7.13. The summed E-state index contributed by atoms with van der Waals surface area (Å²) in [4.78, 5) is 31.4. The van der Waals surface area contributed by atoms with Crippen molar-refractivity contribution in [3.63, 3.8) is 0 Å². The number of unbranched alkanes of at least 4 members (excludes halogenated alkanes) is 4. The summed E-state index contributed by atoms with van der Waals surface area (Å²) in [6.45, 7) is 5.55. The van der Waals surface area contributed by atoms with Crippen LogP contribution in [0.3, 0.4) is 0 Å². The van der Waals surface area contributed by atoms with E-state index in [2.05, 4.69) is 18.4 Å². The molecule has 1 aliphatic heterocycles. The normalized spacial score (nSPS) is 15.4. The van der Waals surface area contributed by atoms with Crippen molar-refractivity contribution in [2.24, 2.45) is 0 Å². The molecule has 1 aromatic carbocycles. The lowest BCUT2D eigenvalue weighted by Crippen LogP contribution is -2.47. The Morgan fingerprint density at radius 3 is 2.58 bits per heavy atom. The SMILES string of the molecule is CCCCCCCC(=O)N(CCC)CC(=O)N1CCc2sccc2[C@@H]1c1ccc(Cl)cc1Cl. The predicted molar refractivity (Wildman–Crippen MR) is 138 cm³/mol. The van der Waals surface area contributed by atoms with Crippen molar-refractivity contribution in [1.82, 2.24) is 9.80 Å². The van der Waals surface area contributed by atoms with E-state index < -0.39 is 0 Å². The number of hydrogen-bond acceptors (Lipinski definition) is 3. The van der Waals surface area contributed by atoms with Gasteiger partial charge >= 0.3 is 0 Å². The van der Waals surface area contributed by atoms with Gasteiger partial charge in [0.1, 0.15) is 0 Å². The summed E-state index contributed by atoms with van der Waals surface area (Å²) in [7, 11) is 0. The number of thiophene rings is 1. The summed E-state index contributed by atoms with van der Waals surface area (Å²) in [5.74, 6) is 0.0478. The van der Waals surface area contributed by atoms with Gasteiger partial charge in [0.25, 0.3) is 0 Å². The van der Waals surface area contributed by atoms with Gasteiger partial charge in [0.2, 0.25) is 11.8 Å². The van der Waals surface area contributed by atoms with Gasteiger partial charge in [0.05, 0.1) is 12.6 Å².